The quantitative estimate of drug-likeness (QED) is 0.832. The van der Waals surface area contributed by atoms with E-state index >= 15 is 0 Å². The zero-order valence-electron chi connectivity index (χ0n) is 12.6. The van der Waals surface area contributed by atoms with Gasteiger partial charge in [0.05, 0.1) is 7.11 Å². The van der Waals surface area contributed by atoms with Crippen molar-refractivity contribution in [2.75, 3.05) is 12.4 Å². The van der Waals surface area contributed by atoms with Crippen molar-refractivity contribution in [3.8, 4) is 5.75 Å². The van der Waals surface area contributed by atoms with Gasteiger partial charge in [-0.3, -0.25) is 0 Å². The van der Waals surface area contributed by atoms with E-state index in [1.807, 2.05) is 37.3 Å². The number of ether oxygens (including phenoxy) is 2. The Hall–Kier alpha value is -2.14. The Morgan fingerprint density at radius 1 is 1.23 bits per heavy atom. The standard InChI is InChI=1S/C17H18FNO2S/c1-3-12-8-9-16(14(18)10-12)21-11-13-6-4-5-7-15(13)19-17(22)20-2/h4-10H,3,11H2,1-2H3,(H,19,22). The van der Waals surface area contributed by atoms with Gasteiger partial charge in [-0.25, -0.2) is 4.39 Å². The summed E-state index contributed by atoms with van der Waals surface area (Å²) in [6.07, 6.45) is 0.790. The van der Waals surface area contributed by atoms with Crippen LogP contribution in [0.15, 0.2) is 42.5 Å². The summed E-state index contributed by atoms with van der Waals surface area (Å²) in [5.41, 5.74) is 2.58. The fourth-order valence-corrected chi connectivity index (χ4v) is 2.08. The molecule has 0 fully saturated rings. The van der Waals surface area contributed by atoms with Crippen molar-refractivity contribution >= 4 is 23.1 Å². The molecule has 1 N–H and O–H groups in total. The predicted octanol–water partition coefficient (Wildman–Crippen LogP) is 4.31. The second kappa shape index (κ2) is 7.75. The maximum absolute atomic E-state index is 13.9. The van der Waals surface area contributed by atoms with Gasteiger partial charge in [-0.1, -0.05) is 31.2 Å². The lowest BCUT2D eigenvalue weighted by atomic mass is 10.1. The molecule has 2 aromatic carbocycles. The number of rotatable bonds is 5. The first-order chi connectivity index (χ1) is 10.6. The number of anilines is 1. The van der Waals surface area contributed by atoms with Crippen LogP contribution in [0.3, 0.4) is 0 Å². The minimum Gasteiger partial charge on any atom is -0.486 e. The van der Waals surface area contributed by atoms with Crippen molar-refractivity contribution < 1.29 is 13.9 Å². The van der Waals surface area contributed by atoms with Crippen LogP contribution in [0.4, 0.5) is 10.1 Å². The zero-order chi connectivity index (χ0) is 15.9. The maximum atomic E-state index is 13.9. The first-order valence-electron chi connectivity index (χ1n) is 6.98. The molecule has 0 aliphatic heterocycles. The number of halogens is 1. The van der Waals surface area contributed by atoms with Crippen LogP contribution in [0.1, 0.15) is 18.1 Å². The molecular weight excluding hydrogens is 301 g/mol. The van der Waals surface area contributed by atoms with Gasteiger partial charge in [0.1, 0.15) is 6.61 Å². The van der Waals surface area contributed by atoms with Crippen LogP contribution in [0.5, 0.6) is 5.75 Å². The molecule has 0 heterocycles. The minimum atomic E-state index is -0.350. The molecule has 0 saturated carbocycles. The van der Waals surface area contributed by atoms with Crippen LogP contribution in [0.2, 0.25) is 0 Å². The average molecular weight is 319 g/mol. The van der Waals surface area contributed by atoms with Gasteiger partial charge in [0, 0.05) is 11.3 Å². The lowest BCUT2D eigenvalue weighted by molar-refractivity contribution is 0.290. The smallest absolute Gasteiger partial charge is 0.260 e. The number of hydrogen-bond donors (Lipinski definition) is 1. The molecule has 0 aliphatic carbocycles. The third kappa shape index (κ3) is 4.18. The number of hydrogen-bond acceptors (Lipinski definition) is 3. The van der Waals surface area contributed by atoms with Crippen LogP contribution in [0.25, 0.3) is 0 Å². The molecule has 2 rings (SSSR count). The molecule has 0 saturated heterocycles. The van der Waals surface area contributed by atoms with Crippen molar-refractivity contribution in [2.45, 2.75) is 20.0 Å². The summed E-state index contributed by atoms with van der Waals surface area (Å²) < 4.78 is 24.4. The maximum Gasteiger partial charge on any atom is 0.260 e. The van der Waals surface area contributed by atoms with E-state index in [9.17, 15) is 4.39 Å². The highest BCUT2D eigenvalue weighted by Crippen LogP contribution is 2.22. The van der Waals surface area contributed by atoms with Crippen LogP contribution in [-0.4, -0.2) is 12.3 Å². The summed E-state index contributed by atoms with van der Waals surface area (Å²) >= 11 is 4.99. The van der Waals surface area contributed by atoms with Crippen LogP contribution < -0.4 is 10.1 Å². The van der Waals surface area contributed by atoms with E-state index in [1.54, 1.807) is 6.07 Å². The normalized spacial score (nSPS) is 10.1. The van der Waals surface area contributed by atoms with Gasteiger partial charge in [-0.2, -0.15) is 0 Å². The molecule has 0 aromatic heterocycles. The highest BCUT2D eigenvalue weighted by Gasteiger charge is 2.08. The largest absolute Gasteiger partial charge is 0.486 e. The van der Waals surface area contributed by atoms with Crippen LogP contribution in [-0.2, 0) is 17.8 Å². The molecule has 2 aromatic rings. The molecule has 0 atom stereocenters. The van der Waals surface area contributed by atoms with Gasteiger partial charge in [0.25, 0.3) is 5.17 Å². The third-order valence-corrected chi connectivity index (χ3v) is 3.50. The van der Waals surface area contributed by atoms with Crippen molar-refractivity contribution in [3.63, 3.8) is 0 Å². The molecule has 0 radical (unpaired) electrons. The number of para-hydroxylation sites is 1. The lowest BCUT2D eigenvalue weighted by Gasteiger charge is -2.13. The van der Waals surface area contributed by atoms with Crippen molar-refractivity contribution in [2.24, 2.45) is 0 Å². The van der Waals surface area contributed by atoms with E-state index in [0.29, 0.717) is 0 Å². The first kappa shape index (κ1) is 16.2. The van der Waals surface area contributed by atoms with E-state index in [-0.39, 0.29) is 23.3 Å². The topological polar surface area (TPSA) is 30.5 Å². The van der Waals surface area contributed by atoms with Gasteiger partial charge < -0.3 is 14.8 Å². The zero-order valence-corrected chi connectivity index (χ0v) is 13.4. The second-order valence-corrected chi connectivity index (χ2v) is 5.05. The summed E-state index contributed by atoms with van der Waals surface area (Å²) in [6, 6.07) is 12.5. The predicted molar refractivity (Wildman–Crippen MR) is 89.8 cm³/mol. The van der Waals surface area contributed by atoms with Crippen LogP contribution >= 0.6 is 12.2 Å². The monoisotopic (exact) mass is 319 g/mol. The number of thiocarbonyl (C=S) groups is 1. The van der Waals surface area contributed by atoms with E-state index in [1.165, 1.54) is 13.2 Å². The highest BCUT2D eigenvalue weighted by atomic mass is 32.1. The molecular formula is C17H18FNO2S. The second-order valence-electron chi connectivity index (χ2n) is 4.68. The van der Waals surface area contributed by atoms with Gasteiger partial charge in [-0.15, -0.1) is 0 Å². The fraction of sp³-hybridized carbons (Fsp3) is 0.235. The number of benzene rings is 2. The summed E-state index contributed by atoms with van der Waals surface area (Å²) in [7, 11) is 1.50. The first-order valence-corrected chi connectivity index (χ1v) is 7.39. The Morgan fingerprint density at radius 3 is 2.68 bits per heavy atom. The Labute approximate surface area is 135 Å². The summed E-state index contributed by atoms with van der Waals surface area (Å²) in [6.45, 7) is 2.22. The average Bonchev–Trinajstić information content (AvgIpc) is 2.54. The minimum absolute atomic E-state index is 0.234. The number of nitrogens with one attached hydrogen (secondary N) is 1. The van der Waals surface area contributed by atoms with Crippen molar-refractivity contribution in [3.05, 3.63) is 59.4 Å². The van der Waals surface area contributed by atoms with Crippen molar-refractivity contribution in [1.29, 1.82) is 0 Å². The van der Waals surface area contributed by atoms with E-state index < -0.39 is 0 Å². The number of aryl methyl sites for hydroxylation is 1. The third-order valence-electron chi connectivity index (χ3n) is 3.23. The Balaban J connectivity index is 2.10. The molecule has 0 amide bonds. The molecule has 3 nitrogen and oxygen atoms in total. The summed E-state index contributed by atoms with van der Waals surface area (Å²) in [4.78, 5) is 0. The molecule has 0 unspecified atom stereocenters. The molecule has 0 spiro atoms. The van der Waals surface area contributed by atoms with Crippen molar-refractivity contribution in [1.82, 2.24) is 0 Å². The molecule has 0 bridgehead atoms. The summed E-state index contributed by atoms with van der Waals surface area (Å²) in [5.74, 6) is -0.112. The van der Waals surface area contributed by atoms with Crippen LogP contribution in [0, 0.1) is 5.82 Å². The van der Waals surface area contributed by atoms with Gasteiger partial charge >= 0.3 is 0 Å². The molecule has 22 heavy (non-hydrogen) atoms. The van der Waals surface area contributed by atoms with Gasteiger partial charge in [0.2, 0.25) is 0 Å². The molecule has 5 heteroatoms. The fourth-order valence-electron chi connectivity index (χ4n) is 1.97. The highest BCUT2D eigenvalue weighted by molar-refractivity contribution is 7.80. The summed E-state index contributed by atoms with van der Waals surface area (Å²) in [5, 5.41) is 3.23. The van der Waals surface area contributed by atoms with E-state index in [0.717, 1.165) is 23.2 Å². The molecule has 0 aliphatic rings. The van der Waals surface area contributed by atoms with E-state index in [2.05, 4.69) is 5.32 Å². The lowest BCUT2D eigenvalue weighted by Crippen LogP contribution is -2.13. The van der Waals surface area contributed by atoms with Gasteiger partial charge in [0.15, 0.2) is 11.6 Å². The van der Waals surface area contributed by atoms with Gasteiger partial charge in [-0.05, 0) is 42.4 Å². The Bertz CT molecular complexity index is 661. The Kier molecular flexibility index (Phi) is 5.72. The van der Waals surface area contributed by atoms with E-state index in [4.69, 9.17) is 21.7 Å². The SMILES string of the molecule is CCc1ccc(OCc2ccccc2NC(=S)OC)c(F)c1. The Morgan fingerprint density at radius 2 is 2.00 bits per heavy atom. The molecule has 116 valence electrons. The number of methoxy groups -OCH3 is 1.